The molecule has 15 heavy (non-hydrogen) atoms. The summed E-state index contributed by atoms with van der Waals surface area (Å²) in [6.45, 7) is 1.57. The van der Waals surface area contributed by atoms with Crippen LogP contribution in [0.4, 0.5) is 4.39 Å². The maximum absolute atomic E-state index is 13.0. The van der Waals surface area contributed by atoms with Crippen LogP contribution in [0.1, 0.15) is 24.0 Å². The Hall–Kier alpha value is -1.58. The Kier molecular flexibility index (Phi) is 3.66. The lowest BCUT2D eigenvalue weighted by molar-refractivity contribution is -0.137. The number of carbonyl (C=O) groups is 1. The standard InChI is InChI=1S/C11H13FO3/c1-7-5-8(3-2-4-10(14)15)6-9(13)11(7)12/h5-6,13H,2-4H2,1H3,(H,14,15). The average molecular weight is 212 g/mol. The third-order valence-corrected chi connectivity index (χ3v) is 2.15. The number of carboxylic acid groups (broad SMARTS) is 1. The van der Waals surface area contributed by atoms with Crippen LogP contribution in [0.5, 0.6) is 5.75 Å². The second-order valence-corrected chi connectivity index (χ2v) is 3.49. The van der Waals surface area contributed by atoms with Crippen molar-refractivity contribution in [2.24, 2.45) is 0 Å². The van der Waals surface area contributed by atoms with Gasteiger partial charge < -0.3 is 10.2 Å². The van der Waals surface area contributed by atoms with Crippen LogP contribution in [0.2, 0.25) is 0 Å². The second kappa shape index (κ2) is 4.77. The van der Waals surface area contributed by atoms with Crippen molar-refractivity contribution >= 4 is 5.97 Å². The summed E-state index contributed by atoms with van der Waals surface area (Å²) in [6, 6.07) is 2.96. The summed E-state index contributed by atoms with van der Waals surface area (Å²) in [4.78, 5) is 10.3. The molecule has 0 bridgehead atoms. The third kappa shape index (κ3) is 3.23. The summed E-state index contributed by atoms with van der Waals surface area (Å²) >= 11 is 0. The van der Waals surface area contributed by atoms with E-state index in [-0.39, 0.29) is 12.2 Å². The molecule has 0 aliphatic heterocycles. The van der Waals surface area contributed by atoms with Crippen LogP contribution in [0, 0.1) is 12.7 Å². The Bertz CT molecular complexity index is 351. The lowest BCUT2D eigenvalue weighted by Gasteiger charge is -2.04. The number of aliphatic carboxylic acids is 1. The molecule has 0 spiro atoms. The summed E-state index contributed by atoms with van der Waals surface area (Å²) in [5.74, 6) is -1.84. The normalized spacial score (nSPS) is 10.3. The molecule has 0 aromatic heterocycles. The molecule has 1 aromatic rings. The summed E-state index contributed by atoms with van der Waals surface area (Å²) in [5.41, 5.74) is 1.13. The molecule has 1 aromatic carbocycles. The van der Waals surface area contributed by atoms with Gasteiger partial charge in [0.25, 0.3) is 0 Å². The first-order valence-corrected chi connectivity index (χ1v) is 4.70. The molecule has 1 rings (SSSR count). The van der Waals surface area contributed by atoms with Crippen LogP contribution in [0.3, 0.4) is 0 Å². The van der Waals surface area contributed by atoms with Crippen molar-refractivity contribution in [2.45, 2.75) is 26.2 Å². The van der Waals surface area contributed by atoms with Crippen LogP contribution in [-0.2, 0) is 11.2 Å². The fourth-order valence-electron chi connectivity index (χ4n) is 1.41. The van der Waals surface area contributed by atoms with E-state index in [2.05, 4.69) is 0 Å². The molecule has 0 saturated heterocycles. The van der Waals surface area contributed by atoms with E-state index in [9.17, 15) is 14.3 Å². The molecule has 4 heteroatoms. The van der Waals surface area contributed by atoms with E-state index in [1.54, 1.807) is 13.0 Å². The van der Waals surface area contributed by atoms with Gasteiger partial charge in [-0.05, 0) is 37.0 Å². The van der Waals surface area contributed by atoms with Crippen LogP contribution in [-0.4, -0.2) is 16.2 Å². The van der Waals surface area contributed by atoms with Crippen molar-refractivity contribution in [3.8, 4) is 5.75 Å². The quantitative estimate of drug-likeness (QED) is 0.804. The lowest BCUT2D eigenvalue weighted by Crippen LogP contribution is -1.96. The van der Waals surface area contributed by atoms with Crippen LogP contribution in [0.25, 0.3) is 0 Å². The highest BCUT2D eigenvalue weighted by atomic mass is 19.1. The van der Waals surface area contributed by atoms with Gasteiger partial charge in [0.15, 0.2) is 11.6 Å². The van der Waals surface area contributed by atoms with Crippen molar-refractivity contribution in [1.82, 2.24) is 0 Å². The Morgan fingerprint density at radius 3 is 2.67 bits per heavy atom. The smallest absolute Gasteiger partial charge is 0.303 e. The molecule has 0 radical (unpaired) electrons. The van der Waals surface area contributed by atoms with Gasteiger partial charge >= 0.3 is 5.97 Å². The first-order chi connectivity index (χ1) is 7.00. The minimum Gasteiger partial charge on any atom is -0.505 e. The lowest BCUT2D eigenvalue weighted by atomic mass is 10.0. The highest BCUT2D eigenvalue weighted by Crippen LogP contribution is 2.22. The molecule has 82 valence electrons. The predicted molar refractivity (Wildman–Crippen MR) is 53.4 cm³/mol. The van der Waals surface area contributed by atoms with E-state index in [1.165, 1.54) is 6.07 Å². The monoisotopic (exact) mass is 212 g/mol. The maximum Gasteiger partial charge on any atom is 0.303 e. The van der Waals surface area contributed by atoms with E-state index in [0.717, 1.165) is 5.56 Å². The number of phenolic OH excluding ortho intramolecular Hbond substituents is 1. The molecular formula is C11H13FO3. The minimum atomic E-state index is -0.849. The molecule has 3 nitrogen and oxygen atoms in total. The summed E-state index contributed by atoms with van der Waals surface area (Å²) in [6.07, 6.45) is 1.10. The zero-order valence-electron chi connectivity index (χ0n) is 8.46. The zero-order valence-corrected chi connectivity index (χ0v) is 8.46. The SMILES string of the molecule is Cc1cc(CCCC(=O)O)cc(O)c1F. The number of halogens is 1. The van der Waals surface area contributed by atoms with Gasteiger partial charge in [-0.1, -0.05) is 6.07 Å². The number of phenols is 1. The largest absolute Gasteiger partial charge is 0.505 e. The molecule has 0 unspecified atom stereocenters. The number of aromatic hydroxyl groups is 1. The molecule has 0 fully saturated rings. The molecule has 0 saturated carbocycles. The van der Waals surface area contributed by atoms with Gasteiger partial charge in [-0.25, -0.2) is 4.39 Å². The fraction of sp³-hybridized carbons (Fsp3) is 0.364. The van der Waals surface area contributed by atoms with E-state index in [0.29, 0.717) is 18.4 Å². The van der Waals surface area contributed by atoms with E-state index < -0.39 is 11.8 Å². The number of hydrogen-bond donors (Lipinski definition) is 2. The topological polar surface area (TPSA) is 57.5 Å². The first-order valence-electron chi connectivity index (χ1n) is 4.70. The van der Waals surface area contributed by atoms with E-state index in [4.69, 9.17) is 5.11 Å². The average Bonchev–Trinajstić information content (AvgIpc) is 2.13. The number of hydrogen-bond acceptors (Lipinski definition) is 2. The van der Waals surface area contributed by atoms with Gasteiger partial charge in [-0.15, -0.1) is 0 Å². The second-order valence-electron chi connectivity index (χ2n) is 3.49. The van der Waals surface area contributed by atoms with Gasteiger partial charge in [0.05, 0.1) is 0 Å². The fourth-order valence-corrected chi connectivity index (χ4v) is 1.41. The Morgan fingerprint density at radius 1 is 1.47 bits per heavy atom. The van der Waals surface area contributed by atoms with E-state index in [1.807, 2.05) is 0 Å². The number of carboxylic acids is 1. The summed E-state index contributed by atoms with van der Waals surface area (Å²) in [5, 5.41) is 17.6. The van der Waals surface area contributed by atoms with Crippen molar-refractivity contribution in [3.05, 3.63) is 29.1 Å². The van der Waals surface area contributed by atoms with Gasteiger partial charge in [0.2, 0.25) is 0 Å². The van der Waals surface area contributed by atoms with Gasteiger partial charge in [0, 0.05) is 6.42 Å². The van der Waals surface area contributed by atoms with Crippen LogP contribution in [0.15, 0.2) is 12.1 Å². The van der Waals surface area contributed by atoms with Gasteiger partial charge in [-0.2, -0.15) is 0 Å². The Balaban J connectivity index is 2.66. The van der Waals surface area contributed by atoms with Crippen LogP contribution >= 0.6 is 0 Å². The van der Waals surface area contributed by atoms with Crippen LogP contribution < -0.4 is 0 Å². The molecule has 0 atom stereocenters. The first kappa shape index (κ1) is 11.5. The van der Waals surface area contributed by atoms with Crippen molar-refractivity contribution in [3.63, 3.8) is 0 Å². The molecule has 0 heterocycles. The highest BCUT2D eigenvalue weighted by Gasteiger charge is 2.06. The Morgan fingerprint density at radius 2 is 2.13 bits per heavy atom. The van der Waals surface area contributed by atoms with Gasteiger partial charge in [-0.3, -0.25) is 4.79 Å². The molecule has 0 aliphatic carbocycles. The minimum absolute atomic E-state index is 0.0805. The number of benzene rings is 1. The maximum atomic E-state index is 13.0. The molecule has 0 aliphatic rings. The number of rotatable bonds is 4. The predicted octanol–water partition coefficient (Wildman–Crippen LogP) is 2.25. The number of aryl methyl sites for hydroxylation is 2. The molecule has 2 N–H and O–H groups in total. The van der Waals surface area contributed by atoms with Crippen molar-refractivity contribution in [1.29, 1.82) is 0 Å². The van der Waals surface area contributed by atoms with E-state index >= 15 is 0 Å². The molecule has 0 amide bonds. The Labute approximate surface area is 87.2 Å². The summed E-state index contributed by atoms with van der Waals surface area (Å²) in [7, 11) is 0. The summed E-state index contributed by atoms with van der Waals surface area (Å²) < 4.78 is 13.0. The van der Waals surface area contributed by atoms with Crippen molar-refractivity contribution < 1.29 is 19.4 Å². The molecular weight excluding hydrogens is 199 g/mol. The van der Waals surface area contributed by atoms with Gasteiger partial charge in [0.1, 0.15) is 0 Å². The highest BCUT2D eigenvalue weighted by molar-refractivity contribution is 5.66. The zero-order chi connectivity index (χ0) is 11.4. The third-order valence-electron chi connectivity index (χ3n) is 2.15. The van der Waals surface area contributed by atoms with Crippen molar-refractivity contribution in [2.75, 3.05) is 0 Å².